The van der Waals surface area contributed by atoms with Gasteiger partial charge in [0, 0.05) is 54.6 Å². The first kappa shape index (κ1) is 28.6. The standard InChI is InChI=1S/C29H35F3N4/c1-20-12-7-8-13-25(20)28(36-23(4)21(2)19-33-6)18-22(3)34-16-11-17-35-24(5)26-14-9-10-15-27(26)29(30,31)32/h7-10,12-15,18-19,34-35H,5,11,16-17H2,1-4,6H3/b22-18+,23-21+,33-19?,36-28+. The number of hydrogen-bond donors (Lipinski definition) is 2. The Balaban J connectivity index is 2.04. The maximum absolute atomic E-state index is 13.2. The second kappa shape index (κ2) is 13.5. The number of allylic oxidation sites excluding steroid dienone is 4. The van der Waals surface area contributed by atoms with Crippen molar-refractivity contribution in [2.24, 2.45) is 9.98 Å². The smallest absolute Gasteiger partial charge is 0.388 e. The van der Waals surface area contributed by atoms with E-state index < -0.39 is 11.7 Å². The Kier molecular flexibility index (Phi) is 10.7. The van der Waals surface area contributed by atoms with Gasteiger partial charge in [0.05, 0.1) is 11.3 Å². The predicted octanol–water partition coefficient (Wildman–Crippen LogP) is 6.94. The Morgan fingerprint density at radius 2 is 1.56 bits per heavy atom. The third-order valence-corrected chi connectivity index (χ3v) is 5.61. The number of hydrogen-bond acceptors (Lipinski definition) is 4. The summed E-state index contributed by atoms with van der Waals surface area (Å²) < 4.78 is 39.7. The van der Waals surface area contributed by atoms with E-state index >= 15 is 0 Å². The first-order valence-electron chi connectivity index (χ1n) is 11.8. The van der Waals surface area contributed by atoms with Crippen LogP contribution in [0.3, 0.4) is 0 Å². The van der Waals surface area contributed by atoms with Crippen LogP contribution in [0, 0.1) is 6.92 Å². The molecular weight excluding hydrogens is 461 g/mol. The zero-order valence-corrected chi connectivity index (χ0v) is 21.6. The third-order valence-electron chi connectivity index (χ3n) is 5.61. The van der Waals surface area contributed by atoms with Crippen LogP contribution in [0.1, 0.15) is 49.4 Å². The summed E-state index contributed by atoms with van der Waals surface area (Å²) in [6.45, 7) is 12.9. The Morgan fingerprint density at radius 3 is 2.19 bits per heavy atom. The molecule has 192 valence electrons. The first-order valence-corrected chi connectivity index (χ1v) is 11.8. The number of nitrogens with zero attached hydrogens (tertiary/aromatic N) is 2. The number of aliphatic imine (C=N–C) groups is 2. The van der Waals surface area contributed by atoms with Gasteiger partial charge in [-0.15, -0.1) is 0 Å². The van der Waals surface area contributed by atoms with Crippen molar-refractivity contribution in [1.29, 1.82) is 0 Å². The van der Waals surface area contributed by atoms with Crippen LogP contribution in [0.4, 0.5) is 13.2 Å². The lowest BCUT2D eigenvalue weighted by Crippen LogP contribution is -2.21. The summed E-state index contributed by atoms with van der Waals surface area (Å²) in [5.41, 5.74) is 5.45. The SMILES string of the molecule is C=C(NCCCN/C(C)=C/C(=N\C(C)=C(/C)C=NC)c1ccccc1C)c1ccccc1C(F)(F)F. The molecule has 2 aromatic rings. The molecule has 2 rings (SSSR count). The Bertz CT molecular complexity index is 1170. The summed E-state index contributed by atoms with van der Waals surface area (Å²) in [5, 5.41) is 6.38. The molecule has 0 fully saturated rings. The highest BCUT2D eigenvalue weighted by Crippen LogP contribution is 2.33. The average Bonchev–Trinajstić information content (AvgIpc) is 2.83. The van der Waals surface area contributed by atoms with Gasteiger partial charge < -0.3 is 10.6 Å². The lowest BCUT2D eigenvalue weighted by atomic mass is 10.0. The molecular formula is C29H35F3N4. The van der Waals surface area contributed by atoms with Gasteiger partial charge in [0.1, 0.15) is 0 Å². The zero-order chi connectivity index (χ0) is 26.7. The fourth-order valence-corrected chi connectivity index (χ4v) is 3.54. The monoisotopic (exact) mass is 496 g/mol. The quantitative estimate of drug-likeness (QED) is 0.261. The van der Waals surface area contributed by atoms with Crippen LogP contribution in [0.2, 0.25) is 0 Å². The van der Waals surface area contributed by atoms with Gasteiger partial charge in [-0.2, -0.15) is 13.2 Å². The van der Waals surface area contributed by atoms with E-state index in [1.165, 1.54) is 12.1 Å². The third kappa shape index (κ3) is 8.56. The van der Waals surface area contributed by atoms with E-state index in [1.54, 1.807) is 19.3 Å². The maximum Gasteiger partial charge on any atom is 0.417 e. The van der Waals surface area contributed by atoms with E-state index in [0.717, 1.165) is 39.9 Å². The van der Waals surface area contributed by atoms with Gasteiger partial charge in [-0.3, -0.25) is 9.98 Å². The number of nitrogens with one attached hydrogen (secondary N) is 2. The van der Waals surface area contributed by atoms with E-state index in [9.17, 15) is 13.2 Å². The summed E-state index contributed by atoms with van der Waals surface area (Å²) in [4.78, 5) is 8.94. The van der Waals surface area contributed by atoms with Crippen LogP contribution in [-0.2, 0) is 6.18 Å². The van der Waals surface area contributed by atoms with Crippen molar-refractivity contribution in [2.45, 2.75) is 40.3 Å². The summed E-state index contributed by atoms with van der Waals surface area (Å²) in [6, 6.07) is 13.5. The van der Waals surface area contributed by atoms with Crippen LogP contribution in [-0.4, -0.2) is 32.1 Å². The van der Waals surface area contributed by atoms with Crippen molar-refractivity contribution in [3.8, 4) is 0 Å². The minimum absolute atomic E-state index is 0.0694. The van der Waals surface area contributed by atoms with Gasteiger partial charge in [0.15, 0.2) is 0 Å². The van der Waals surface area contributed by atoms with Crippen molar-refractivity contribution in [3.63, 3.8) is 0 Å². The predicted molar refractivity (Wildman–Crippen MR) is 145 cm³/mol. The minimum Gasteiger partial charge on any atom is -0.388 e. The molecule has 0 aliphatic rings. The topological polar surface area (TPSA) is 48.8 Å². The van der Waals surface area contributed by atoms with E-state index in [0.29, 0.717) is 19.5 Å². The van der Waals surface area contributed by atoms with E-state index in [1.807, 2.05) is 45.0 Å². The van der Waals surface area contributed by atoms with Gasteiger partial charge in [-0.05, 0) is 57.4 Å². The van der Waals surface area contributed by atoms with Gasteiger partial charge in [0.25, 0.3) is 0 Å². The number of benzene rings is 2. The van der Waals surface area contributed by atoms with Crippen molar-refractivity contribution in [3.05, 3.63) is 100 Å². The second-order valence-corrected chi connectivity index (χ2v) is 8.52. The summed E-state index contributed by atoms with van der Waals surface area (Å²) >= 11 is 0. The largest absolute Gasteiger partial charge is 0.417 e. The molecule has 0 spiro atoms. The number of halogens is 3. The molecule has 0 saturated carbocycles. The molecule has 0 bridgehead atoms. The maximum atomic E-state index is 13.2. The highest BCUT2D eigenvalue weighted by atomic mass is 19.4. The number of rotatable bonds is 11. The van der Waals surface area contributed by atoms with Crippen LogP contribution in [0.5, 0.6) is 0 Å². The van der Waals surface area contributed by atoms with Gasteiger partial charge >= 0.3 is 6.18 Å². The van der Waals surface area contributed by atoms with Crippen molar-refractivity contribution in [2.75, 3.05) is 20.1 Å². The molecule has 0 saturated heterocycles. The van der Waals surface area contributed by atoms with Gasteiger partial charge in [-0.25, -0.2) is 0 Å². The van der Waals surface area contributed by atoms with E-state index in [-0.39, 0.29) is 11.3 Å². The summed E-state index contributed by atoms with van der Waals surface area (Å²) in [5.74, 6) is 0. The Morgan fingerprint density at radius 1 is 0.944 bits per heavy atom. The summed E-state index contributed by atoms with van der Waals surface area (Å²) in [6.07, 6.45) is 0.0714. The molecule has 2 N–H and O–H groups in total. The van der Waals surface area contributed by atoms with Crippen molar-refractivity contribution in [1.82, 2.24) is 10.6 Å². The number of aryl methyl sites for hydroxylation is 1. The van der Waals surface area contributed by atoms with Crippen LogP contribution in [0.15, 0.2) is 88.1 Å². The Labute approximate surface area is 212 Å². The van der Waals surface area contributed by atoms with Gasteiger partial charge in [0.2, 0.25) is 0 Å². The summed E-state index contributed by atoms with van der Waals surface area (Å²) in [7, 11) is 1.73. The lowest BCUT2D eigenvalue weighted by Gasteiger charge is -2.16. The first-order chi connectivity index (χ1) is 17.0. The normalized spacial score (nSPS) is 13.6. The fourth-order valence-electron chi connectivity index (χ4n) is 3.54. The molecule has 0 unspecified atom stereocenters. The van der Waals surface area contributed by atoms with Crippen molar-refractivity contribution >= 4 is 17.6 Å². The lowest BCUT2D eigenvalue weighted by molar-refractivity contribution is -0.137. The highest BCUT2D eigenvalue weighted by molar-refractivity contribution is 6.10. The second-order valence-electron chi connectivity index (χ2n) is 8.52. The molecule has 4 nitrogen and oxygen atoms in total. The minimum atomic E-state index is -4.42. The highest BCUT2D eigenvalue weighted by Gasteiger charge is 2.33. The molecule has 7 heteroatoms. The molecule has 0 heterocycles. The van der Waals surface area contributed by atoms with E-state index in [4.69, 9.17) is 4.99 Å². The molecule has 0 aliphatic carbocycles. The molecule has 0 atom stereocenters. The molecule has 0 aliphatic heterocycles. The molecule has 0 amide bonds. The Hall–Kier alpha value is -3.61. The molecule has 0 aromatic heterocycles. The molecule has 36 heavy (non-hydrogen) atoms. The number of alkyl halides is 3. The fraction of sp³-hybridized carbons (Fsp3) is 0.310. The van der Waals surface area contributed by atoms with Gasteiger partial charge in [-0.1, -0.05) is 49.0 Å². The average molecular weight is 497 g/mol. The van der Waals surface area contributed by atoms with Crippen LogP contribution < -0.4 is 10.6 Å². The van der Waals surface area contributed by atoms with Crippen LogP contribution >= 0.6 is 0 Å². The van der Waals surface area contributed by atoms with E-state index in [2.05, 4.69) is 35.2 Å². The van der Waals surface area contributed by atoms with Crippen molar-refractivity contribution < 1.29 is 13.2 Å². The molecule has 2 aromatic carbocycles. The zero-order valence-electron chi connectivity index (χ0n) is 21.6. The van der Waals surface area contributed by atoms with Crippen LogP contribution in [0.25, 0.3) is 5.70 Å². The molecule has 0 radical (unpaired) electrons.